The van der Waals surface area contributed by atoms with E-state index in [1.807, 2.05) is 0 Å². The Kier molecular flexibility index (Phi) is 2.98. The monoisotopic (exact) mass is 240 g/mol. The number of piperazine rings is 1. The fraction of sp³-hybridized carbons (Fsp3) is 0.400. The van der Waals surface area contributed by atoms with Gasteiger partial charge in [0.25, 0.3) is 0 Å². The molecule has 1 heterocycles. The third-order valence-corrected chi connectivity index (χ3v) is 2.97. The van der Waals surface area contributed by atoms with Gasteiger partial charge in [0.1, 0.15) is 0 Å². The molecule has 1 aliphatic heterocycles. The van der Waals surface area contributed by atoms with Crippen LogP contribution in [0.15, 0.2) is 30.3 Å². The van der Waals surface area contributed by atoms with Gasteiger partial charge < -0.3 is 5.32 Å². The predicted octanol–water partition coefficient (Wildman–Crippen LogP) is 1.94. The van der Waals surface area contributed by atoms with Crippen LogP contribution in [0.5, 0.6) is 0 Å². The second-order valence-corrected chi connectivity index (χ2v) is 4.29. The molecule has 0 saturated carbocycles. The van der Waals surface area contributed by atoms with Crippen molar-refractivity contribution in [3.8, 4) is 0 Å². The Hall–Kier alpha value is -0.380. The van der Waals surface area contributed by atoms with E-state index in [0.29, 0.717) is 6.04 Å². The molecule has 0 spiro atoms. The Labute approximate surface area is 87.3 Å². The number of hydrogen-bond acceptors (Lipinski definition) is 2. The first-order chi connectivity index (χ1) is 6.36. The molecule has 70 valence electrons. The summed E-state index contributed by atoms with van der Waals surface area (Å²) in [6, 6.07) is 11.0. The Morgan fingerprint density at radius 1 is 1.31 bits per heavy atom. The summed E-state index contributed by atoms with van der Waals surface area (Å²) < 4.78 is 2.18. The van der Waals surface area contributed by atoms with Crippen molar-refractivity contribution >= 4 is 16.1 Å². The van der Waals surface area contributed by atoms with Crippen LogP contribution in [0.1, 0.15) is 11.6 Å². The van der Waals surface area contributed by atoms with E-state index in [4.69, 9.17) is 0 Å². The van der Waals surface area contributed by atoms with Crippen molar-refractivity contribution < 1.29 is 0 Å². The summed E-state index contributed by atoms with van der Waals surface area (Å²) in [5.74, 6) is 0. The molecule has 2 nitrogen and oxygen atoms in total. The Morgan fingerprint density at radius 2 is 2.08 bits per heavy atom. The maximum Gasteiger partial charge on any atom is 0.0459 e. The van der Waals surface area contributed by atoms with E-state index in [9.17, 15) is 0 Å². The molecule has 1 N–H and O–H groups in total. The lowest BCUT2D eigenvalue weighted by Gasteiger charge is -2.29. The third kappa shape index (κ3) is 2.30. The van der Waals surface area contributed by atoms with Gasteiger partial charge in [0.2, 0.25) is 0 Å². The van der Waals surface area contributed by atoms with Crippen LogP contribution < -0.4 is 5.32 Å². The van der Waals surface area contributed by atoms with Crippen LogP contribution in [0.4, 0.5) is 0 Å². The van der Waals surface area contributed by atoms with Gasteiger partial charge in [-0.2, -0.15) is 0 Å². The molecule has 0 aliphatic carbocycles. The molecule has 1 aliphatic rings. The highest BCUT2D eigenvalue weighted by Gasteiger charge is 2.18. The Balaban J connectivity index is 2.08. The molecule has 1 aromatic carbocycles. The fourth-order valence-corrected chi connectivity index (χ4v) is 2.09. The van der Waals surface area contributed by atoms with Gasteiger partial charge in [-0.3, -0.25) is 0 Å². The third-order valence-electron chi connectivity index (χ3n) is 2.33. The quantitative estimate of drug-likeness (QED) is 0.756. The first-order valence-corrected chi connectivity index (χ1v) is 5.26. The van der Waals surface area contributed by atoms with Crippen LogP contribution in [0.25, 0.3) is 0 Å². The number of benzene rings is 1. The maximum atomic E-state index is 3.52. The van der Waals surface area contributed by atoms with Crippen LogP contribution >= 0.6 is 16.1 Å². The first-order valence-electron chi connectivity index (χ1n) is 4.55. The molecule has 2 rings (SSSR count). The highest BCUT2D eigenvalue weighted by Crippen LogP contribution is 2.18. The summed E-state index contributed by atoms with van der Waals surface area (Å²) in [6.45, 7) is 3.15. The Morgan fingerprint density at radius 3 is 2.77 bits per heavy atom. The number of halogens is 1. The van der Waals surface area contributed by atoms with Crippen LogP contribution in [-0.2, 0) is 0 Å². The van der Waals surface area contributed by atoms with E-state index in [0.717, 1.165) is 19.6 Å². The lowest BCUT2D eigenvalue weighted by Crippen LogP contribution is -2.41. The minimum atomic E-state index is 0.467. The predicted molar refractivity (Wildman–Crippen MR) is 57.7 cm³/mol. The molecule has 1 saturated heterocycles. The second kappa shape index (κ2) is 4.22. The van der Waals surface area contributed by atoms with Gasteiger partial charge in [0.15, 0.2) is 0 Å². The standard InChI is InChI=1S/C10H13BrN2/c11-13-7-6-12-10(8-13)9-4-2-1-3-5-9/h1-5,10,12H,6-8H2. The average molecular weight is 241 g/mol. The van der Waals surface area contributed by atoms with E-state index in [-0.39, 0.29) is 0 Å². The minimum Gasteiger partial charge on any atom is -0.308 e. The second-order valence-electron chi connectivity index (χ2n) is 3.29. The van der Waals surface area contributed by atoms with E-state index in [1.165, 1.54) is 5.56 Å². The molecule has 0 bridgehead atoms. The molecule has 1 fully saturated rings. The zero-order chi connectivity index (χ0) is 9.10. The summed E-state index contributed by atoms with van der Waals surface area (Å²) in [4.78, 5) is 0. The number of rotatable bonds is 1. The van der Waals surface area contributed by atoms with Crippen LogP contribution in [0.2, 0.25) is 0 Å². The van der Waals surface area contributed by atoms with E-state index < -0.39 is 0 Å². The normalized spacial score (nSPS) is 24.5. The number of hydrogen-bond donors (Lipinski definition) is 1. The molecule has 13 heavy (non-hydrogen) atoms. The molecule has 0 radical (unpaired) electrons. The fourth-order valence-electron chi connectivity index (χ4n) is 1.62. The summed E-state index contributed by atoms with van der Waals surface area (Å²) >= 11 is 3.52. The van der Waals surface area contributed by atoms with Gasteiger partial charge in [-0.15, -0.1) is 0 Å². The molecular formula is C10H13BrN2. The molecule has 1 atom stereocenters. The summed E-state index contributed by atoms with van der Waals surface area (Å²) in [5.41, 5.74) is 1.37. The largest absolute Gasteiger partial charge is 0.308 e. The van der Waals surface area contributed by atoms with Gasteiger partial charge in [-0.1, -0.05) is 30.3 Å². The molecular weight excluding hydrogens is 228 g/mol. The number of nitrogens with one attached hydrogen (secondary N) is 1. The van der Waals surface area contributed by atoms with Crippen molar-refractivity contribution in [3.63, 3.8) is 0 Å². The molecule has 1 unspecified atom stereocenters. The van der Waals surface area contributed by atoms with Crippen LogP contribution in [0.3, 0.4) is 0 Å². The van der Waals surface area contributed by atoms with Crippen molar-refractivity contribution in [2.24, 2.45) is 0 Å². The molecule has 0 amide bonds. The van der Waals surface area contributed by atoms with Crippen molar-refractivity contribution in [2.45, 2.75) is 6.04 Å². The highest BCUT2D eigenvalue weighted by molar-refractivity contribution is 9.07. The van der Waals surface area contributed by atoms with Gasteiger partial charge in [-0.05, 0) is 5.56 Å². The topological polar surface area (TPSA) is 15.3 Å². The van der Waals surface area contributed by atoms with Crippen molar-refractivity contribution in [2.75, 3.05) is 19.6 Å². The zero-order valence-electron chi connectivity index (χ0n) is 7.41. The van der Waals surface area contributed by atoms with E-state index in [1.54, 1.807) is 0 Å². The smallest absolute Gasteiger partial charge is 0.0459 e. The summed E-state index contributed by atoms with van der Waals surface area (Å²) in [5, 5.41) is 3.49. The van der Waals surface area contributed by atoms with Gasteiger partial charge in [0, 0.05) is 41.8 Å². The minimum absolute atomic E-state index is 0.467. The van der Waals surface area contributed by atoms with E-state index in [2.05, 4.69) is 55.7 Å². The first kappa shape index (κ1) is 9.19. The van der Waals surface area contributed by atoms with Crippen LogP contribution in [0, 0.1) is 0 Å². The van der Waals surface area contributed by atoms with Gasteiger partial charge in [-0.25, -0.2) is 3.93 Å². The highest BCUT2D eigenvalue weighted by atomic mass is 79.9. The average Bonchev–Trinajstić information content (AvgIpc) is 2.19. The van der Waals surface area contributed by atoms with Gasteiger partial charge >= 0.3 is 0 Å². The van der Waals surface area contributed by atoms with Crippen molar-refractivity contribution in [1.29, 1.82) is 0 Å². The lowest BCUT2D eigenvalue weighted by atomic mass is 10.1. The summed E-state index contributed by atoms with van der Waals surface area (Å²) in [7, 11) is 0. The van der Waals surface area contributed by atoms with Gasteiger partial charge in [0.05, 0.1) is 0 Å². The number of nitrogens with zero attached hydrogens (tertiary/aromatic N) is 1. The lowest BCUT2D eigenvalue weighted by molar-refractivity contribution is 0.334. The molecule has 1 aromatic rings. The SMILES string of the molecule is BrN1CCNC(c2ccccc2)C1. The molecule has 0 aromatic heterocycles. The van der Waals surface area contributed by atoms with E-state index >= 15 is 0 Å². The van der Waals surface area contributed by atoms with Crippen molar-refractivity contribution in [1.82, 2.24) is 9.24 Å². The summed E-state index contributed by atoms with van der Waals surface area (Å²) in [6.07, 6.45) is 0. The maximum absolute atomic E-state index is 3.52. The van der Waals surface area contributed by atoms with Crippen LogP contribution in [-0.4, -0.2) is 23.6 Å². The molecule has 3 heteroatoms. The van der Waals surface area contributed by atoms with Crippen molar-refractivity contribution in [3.05, 3.63) is 35.9 Å². The zero-order valence-corrected chi connectivity index (χ0v) is 9.00. The Bertz CT molecular complexity index is 263.